The van der Waals surface area contributed by atoms with E-state index in [0.29, 0.717) is 25.9 Å². The lowest BCUT2D eigenvalue weighted by molar-refractivity contribution is -0.133. The molecule has 1 N–H and O–H groups in total. The summed E-state index contributed by atoms with van der Waals surface area (Å²) in [4.78, 5) is 35.7. The number of hydrogen-bond donors (Lipinski definition) is 1. The van der Waals surface area contributed by atoms with Gasteiger partial charge in [-0.05, 0) is 43.2 Å². The third-order valence-electron chi connectivity index (χ3n) is 6.50. The van der Waals surface area contributed by atoms with Gasteiger partial charge in [-0.25, -0.2) is 4.98 Å². The molecule has 2 aliphatic rings. The highest BCUT2D eigenvalue weighted by Crippen LogP contribution is 2.33. The second kappa shape index (κ2) is 9.25. The molecule has 0 bridgehead atoms. The van der Waals surface area contributed by atoms with Gasteiger partial charge >= 0.3 is 0 Å². The first-order valence-corrected chi connectivity index (χ1v) is 11.7. The fourth-order valence-corrected chi connectivity index (χ4v) is 4.72. The van der Waals surface area contributed by atoms with Crippen LogP contribution in [0.5, 0.6) is 5.75 Å². The van der Waals surface area contributed by atoms with Crippen LogP contribution in [0, 0.1) is 13.8 Å². The molecule has 2 atom stereocenters. The van der Waals surface area contributed by atoms with E-state index in [1.165, 1.54) is 0 Å². The Morgan fingerprint density at radius 2 is 1.97 bits per heavy atom. The fraction of sp³-hybridized carbons (Fsp3) is 0.333. The molecule has 0 radical (unpaired) electrons. The third kappa shape index (κ3) is 4.64. The second-order valence-corrected chi connectivity index (χ2v) is 9.10. The molecule has 2 aromatic carbocycles. The number of benzene rings is 2. The lowest BCUT2D eigenvalue weighted by Gasteiger charge is -2.17. The van der Waals surface area contributed by atoms with Crippen molar-refractivity contribution in [2.75, 3.05) is 19.6 Å². The summed E-state index contributed by atoms with van der Waals surface area (Å²) in [5.41, 5.74) is 5.90. The van der Waals surface area contributed by atoms with E-state index in [1.54, 1.807) is 11.1 Å². The predicted molar refractivity (Wildman–Crippen MR) is 128 cm³/mol. The maximum Gasteiger partial charge on any atom is 0.239 e. The molecule has 1 saturated heterocycles. The van der Waals surface area contributed by atoms with E-state index in [0.717, 1.165) is 39.5 Å². The molecule has 1 fully saturated rings. The van der Waals surface area contributed by atoms with Gasteiger partial charge < -0.3 is 15.0 Å². The lowest BCUT2D eigenvalue weighted by atomic mass is 9.99. The Morgan fingerprint density at radius 1 is 1.15 bits per heavy atom. The number of carbonyl (C=O) groups excluding carboxylic acids is 2. The number of hydrogen-bond acceptors (Lipinski definition) is 5. The van der Waals surface area contributed by atoms with Crippen molar-refractivity contribution >= 4 is 11.8 Å². The van der Waals surface area contributed by atoms with Crippen molar-refractivity contribution < 1.29 is 14.3 Å². The SMILES string of the molecule is Cc1cnc(C)c(-c2ccc3c(c2)CC(CNC(=O)CN2CC(c4ccccc4)CC2=O)O3)n1. The average molecular weight is 457 g/mol. The number of rotatable bonds is 6. The summed E-state index contributed by atoms with van der Waals surface area (Å²) in [6.45, 7) is 4.94. The zero-order chi connectivity index (χ0) is 23.7. The van der Waals surface area contributed by atoms with Crippen LogP contribution in [-0.4, -0.2) is 52.4 Å². The number of nitrogens with one attached hydrogen (secondary N) is 1. The summed E-state index contributed by atoms with van der Waals surface area (Å²) in [5, 5.41) is 2.94. The summed E-state index contributed by atoms with van der Waals surface area (Å²) in [7, 11) is 0. The Morgan fingerprint density at radius 3 is 2.79 bits per heavy atom. The van der Waals surface area contributed by atoms with E-state index in [9.17, 15) is 9.59 Å². The van der Waals surface area contributed by atoms with Gasteiger partial charge in [0, 0.05) is 37.1 Å². The highest BCUT2D eigenvalue weighted by atomic mass is 16.5. The molecule has 7 nitrogen and oxygen atoms in total. The van der Waals surface area contributed by atoms with Crippen LogP contribution in [0.1, 0.15) is 34.9 Å². The third-order valence-corrected chi connectivity index (χ3v) is 6.50. The molecule has 0 aliphatic carbocycles. The largest absolute Gasteiger partial charge is 0.488 e. The van der Waals surface area contributed by atoms with Crippen LogP contribution in [0.3, 0.4) is 0 Å². The lowest BCUT2D eigenvalue weighted by Crippen LogP contribution is -2.41. The van der Waals surface area contributed by atoms with Crippen LogP contribution in [0.2, 0.25) is 0 Å². The van der Waals surface area contributed by atoms with Crippen LogP contribution in [0.4, 0.5) is 0 Å². The summed E-state index contributed by atoms with van der Waals surface area (Å²) in [5.74, 6) is 0.843. The predicted octanol–water partition coefficient (Wildman–Crippen LogP) is 3.20. The Kier molecular flexibility index (Phi) is 6.01. The van der Waals surface area contributed by atoms with Gasteiger partial charge in [-0.3, -0.25) is 14.6 Å². The molecule has 2 amide bonds. The molecule has 7 heteroatoms. The van der Waals surface area contributed by atoms with Gasteiger partial charge in [0.2, 0.25) is 11.8 Å². The Bertz CT molecular complexity index is 1230. The van der Waals surface area contributed by atoms with Crippen molar-refractivity contribution in [1.29, 1.82) is 0 Å². The molecular formula is C27H28N4O3. The van der Waals surface area contributed by atoms with E-state index in [-0.39, 0.29) is 30.4 Å². The van der Waals surface area contributed by atoms with Gasteiger partial charge in [0.1, 0.15) is 11.9 Å². The van der Waals surface area contributed by atoms with Crippen molar-refractivity contribution in [1.82, 2.24) is 20.2 Å². The molecule has 2 aliphatic heterocycles. The maximum atomic E-state index is 12.6. The molecule has 174 valence electrons. The van der Waals surface area contributed by atoms with Crippen molar-refractivity contribution in [3.05, 3.63) is 77.2 Å². The first-order chi connectivity index (χ1) is 16.5. The molecule has 1 aromatic heterocycles. The average Bonchev–Trinajstić information content (AvgIpc) is 3.42. The molecule has 3 aromatic rings. The second-order valence-electron chi connectivity index (χ2n) is 9.10. The molecule has 0 saturated carbocycles. The van der Waals surface area contributed by atoms with Gasteiger partial charge in [0.25, 0.3) is 0 Å². The van der Waals surface area contributed by atoms with Crippen LogP contribution >= 0.6 is 0 Å². The summed E-state index contributed by atoms with van der Waals surface area (Å²) >= 11 is 0. The van der Waals surface area contributed by atoms with Crippen molar-refractivity contribution in [3.63, 3.8) is 0 Å². The summed E-state index contributed by atoms with van der Waals surface area (Å²) < 4.78 is 6.04. The van der Waals surface area contributed by atoms with E-state index >= 15 is 0 Å². The Labute approximate surface area is 199 Å². The zero-order valence-corrected chi connectivity index (χ0v) is 19.5. The van der Waals surface area contributed by atoms with E-state index in [4.69, 9.17) is 4.74 Å². The molecule has 3 heterocycles. The number of fused-ring (bicyclic) bond motifs is 1. The molecular weight excluding hydrogens is 428 g/mol. The minimum absolute atomic E-state index is 0.0237. The van der Waals surface area contributed by atoms with Crippen LogP contribution in [0.25, 0.3) is 11.3 Å². The van der Waals surface area contributed by atoms with Gasteiger partial charge in [-0.15, -0.1) is 0 Å². The number of carbonyl (C=O) groups is 2. The number of nitrogens with zero attached hydrogens (tertiary/aromatic N) is 3. The van der Waals surface area contributed by atoms with E-state index < -0.39 is 0 Å². The van der Waals surface area contributed by atoms with Gasteiger partial charge in [-0.2, -0.15) is 0 Å². The molecule has 2 unspecified atom stereocenters. The first-order valence-electron chi connectivity index (χ1n) is 11.7. The number of amides is 2. The van der Waals surface area contributed by atoms with Gasteiger partial charge in [0.05, 0.1) is 30.2 Å². The summed E-state index contributed by atoms with van der Waals surface area (Å²) in [6, 6.07) is 16.1. The molecule has 5 rings (SSSR count). The van der Waals surface area contributed by atoms with Gasteiger partial charge in [0.15, 0.2) is 0 Å². The van der Waals surface area contributed by atoms with E-state index in [1.807, 2.05) is 56.3 Å². The van der Waals surface area contributed by atoms with Crippen molar-refractivity contribution in [2.45, 2.75) is 38.7 Å². The first kappa shape index (κ1) is 22.1. The highest BCUT2D eigenvalue weighted by Gasteiger charge is 2.32. The smallest absolute Gasteiger partial charge is 0.239 e. The number of aromatic nitrogens is 2. The van der Waals surface area contributed by atoms with E-state index in [2.05, 4.69) is 21.4 Å². The minimum Gasteiger partial charge on any atom is -0.488 e. The number of likely N-dealkylation sites (tertiary alicyclic amines) is 1. The monoisotopic (exact) mass is 456 g/mol. The Balaban J connectivity index is 1.15. The van der Waals surface area contributed by atoms with Crippen LogP contribution in [0.15, 0.2) is 54.7 Å². The molecule has 0 spiro atoms. The molecule has 34 heavy (non-hydrogen) atoms. The van der Waals surface area contributed by atoms with Crippen molar-refractivity contribution in [3.8, 4) is 17.0 Å². The van der Waals surface area contributed by atoms with Crippen LogP contribution in [-0.2, 0) is 16.0 Å². The van der Waals surface area contributed by atoms with Crippen LogP contribution < -0.4 is 10.1 Å². The quantitative estimate of drug-likeness (QED) is 0.616. The number of ether oxygens (including phenoxy) is 1. The van der Waals surface area contributed by atoms with Gasteiger partial charge in [-0.1, -0.05) is 30.3 Å². The highest BCUT2D eigenvalue weighted by molar-refractivity contribution is 5.86. The minimum atomic E-state index is -0.159. The Hall–Kier alpha value is -3.74. The normalized spacial score (nSPS) is 19.1. The maximum absolute atomic E-state index is 12.6. The zero-order valence-electron chi connectivity index (χ0n) is 19.5. The summed E-state index contributed by atoms with van der Waals surface area (Å²) in [6.07, 6.45) is 2.79. The topological polar surface area (TPSA) is 84.4 Å². The number of aryl methyl sites for hydroxylation is 2. The standard InChI is InChI=1S/C27H28N4O3/c1-17-13-28-18(2)27(30-17)20-8-9-24-21(10-20)11-23(34-24)14-29-25(32)16-31-15-22(12-26(31)33)19-6-4-3-5-7-19/h3-10,13,22-23H,11-12,14-16H2,1-2H3,(H,29,32). The van der Waals surface area contributed by atoms with Crippen molar-refractivity contribution in [2.24, 2.45) is 0 Å². The fourth-order valence-electron chi connectivity index (χ4n) is 4.72.